The van der Waals surface area contributed by atoms with Gasteiger partial charge in [-0.2, -0.15) is 0 Å². The molecule has 1 heterocycles. The molecule has 0 fully saturated rings. The van der Waals surface area contributed by atoms with Crippen LogP contribution in [0.4, 0.5) is 0 Å². The van der Waals surface area contributed by atoms with Crippen LogP contribution in [0.3, 0.4) is 0 Å². The maximum Gasteiger partial charge on any atom is 0.145 e. The number of ether oxygens (including phenoxy) is 1. The van der Waals surface area contributed by atoms with Gasteiger partial charge in [0.25, 0.3) is 0 Å². The van der Waals surface area contributed by atoms with Crippen molar-refractivity contribution >= 4 is 15.9 Å². The third-order valence-electron chi connectivity index (χ3n) is 3.15. The lowest BCUT2D eigenvalue weighted by molar-refractivity contribution is 0.479. The first kappa shape index (κ1) is 15.0. The number of nitrogens with two attached hydrogens (primary N) is 1. The zero-order valence-corrected chi connectivity index (χ0v) is 13.4. The molecule has 2 rings (SSSR count). The van der Waals surface area contributed by atoms with Crippen molar-refractivity contribution in [1.29, 1.82) is 0 Å². The Labute approximate surface area is 128 Å². The summed E-state index contributed by atoms with van der Waals surface area (Å²) >= 11 is 3.58. The molecule has 4 heteroatoms. The van der Waals surface area contributed by atoms with E-state index in [0.29, 0.717) is 0 Å². The third kappa shape index (κ3) is 4.05. The number of benzene rings is 1. The average molecular weight is 335 g/mol. The Hall–Kier alpha value is -1.39. The van der Waals surface area contributed by atoms with Gasteiger partial charge in [-0.1, -0.05) is 28.9 Å². The second kappa shape index (κ2) is 6.86. The molecule has 1 atom stereocenters. The molecule has 2 N–H and O–H groups in total. The summed E-state index contributed by atoms with van der Waals surface area (Å²) < 4.78 is 6.80. The molecular weight excluding hydrogens is 316 g/mol. The van der Waals surface area contributed by atoms with Crippen LogP contribution in [-0.2, 0) is 6.42 Å². The van der Waals surface area contributed by atoms with Crippen LogP contribution in [0.25, 0.3) is 0 Å². The summed E-state index contributed by atoms with van der Waals surface area (Å²) in [7, 11) is 0. The highest BCUT2D eigenvalue weighted by atomic mass is 79.9. The van der Waals surface area contributed by atoms with Gasteiger partial charge in [-0.15, -0.1) is 0 Å². The summed E-state index contributed by atoms with van der Waals surface area (Å²) in [6, 6.07) is 10.0. The first-order chi connectivity index (χ1) is 9.58. The molecular formula is C16H19BrN2O. The Morgan fingerprint density at radius 1 is 1.25 bits per heavy atom. The standard InChI is InChI=1S/C16H19BrN2O/c1-3-13(18)8-12-5-7-14(9-16(12)17)20-15-6-4-11(2)19-10-15/h4-7,9-10,13H,3,8,18H2,1-2H3. The SMILES string of the molecule is CCC(N)Cc1ccc(Oc2ccc(C)nc2)cc1Br. The van der Waals surface area contributed by atoms with Gasteiger partial charge in [-0.25, -0.2) is 0 Å². The molecule has 1 aromatic carbocycles. The summed E-state index contributed by atoms with van der Waals surface area (Å²) in [5.74, 6) is 1.52. The number of halogens is 1. The Morgan fingerprint density at radius 2 is 2.00 bits per heavy atom. The Kier molecular flexibility index (Phi) is 5.15. The lowest BCUT2D eigenvalue weighted by atomic mass is 10.0. The van der Waals surface area contributed by atoms with Crippen LogP contribution < -0.4 is 10.5 Å². The zero-order chi connectivity index (χ0) is 14.5. The summed E-state index contributed by atoms with van der Waals surface area (Å²) in [5, 5.41) is 0. The van der Waals surface area contributed by atoms with Crippen LogP contribution in [0.15, 0.2) is 41.0 Å². The Balaban J connectivity index is 2.10. The third-order valence-corrected chi connectivity index (χ3v) is 3.89. The average Bonchev–Trinajstić information content (AvgIpc) is 2.44. The Morgan fingerprint density at radius 3 is 2.60 bits per heavy atom. The molecule has 0 aliphatic heterocycles. The lowest BCUT2D eigenvalue weighted by Gasteiger charge is -2.12. The molecule has 0 saturated carbocycles. The quantitative estimate of drug-likeness (QED) is 0.890. The molecule has 3 nitrogen and oxygen atoms in total. The lowest BCUT2D eigenvalue weighted by Crippen LogP contribution is -2.21. The normalized spacial score (nSPS) is 12.2. The smallest absolute Gasteiger partial charge is 0.145 e. The second-order valence-electron chi connectivity index (χ2n) is 4.86. The predicted octanol–water partition coefficient (Wildman–Crippen LogP) is 4.22. The van der Waals surface area contributed by atoms with E-state index in [2.05, 4.69) is 33.9 Å². The van der Waals surface area contributed by atoms with E-state index in [1.54, 1.807) is 6.20 Å². The van der Waals surface area contributed by atoms with E-state index in [-0.39, 0.29) is 6.04 Å². The largest absolute Gasteiger partial charge is 0.456 e. The summed E-state index contributed by atoms with van der Waals surface area (Å²) in [6.45, 7) is 4.05. The molecule has 0 aliphatic rings. The monoisotopic (exact) mass is 334 g/mol. The Bertz CT molecular complexity index is 569. The van der Waals surface area contributed by atoms with Gasteiger partial charge in [-0.05, 0) is 49.6 Å². The van der Waals surface area contributed by atoms with Crippen LogP contribution >= 0.6 is 15.9 Å². The summed E-state index contributed by atoms with van der Waals surface area (Å²) in [5.41, 5.74) is 8.17. The van der Waals surface area contributed by atoms with Gasteiger partial charge in [0.15, 0.2) is 0 Å². The predicted molar refractivity (Wildman–Crippen MR) is 85.2 cm³/mol. The topological polar surface area (TPSA) is 48.1 Å². The molecule has 1 aromatic heterocycles. The number of hydrogen-bond donors (Lipinski definition) is 1. The number of hydrogen-bond acceptors (Lipinski definition) is 3. The number of nitrogens with zero attached hydrogens (tertiary/aromatic N) is 1. The molecule has 0 bridgehead atoms. The second-order valence-corrected chi connectivity index (χ2v) is 5.72. The molecule has 20 heavy (non-hydrogen) atoms. The summed E-state index contributed by atoms with van der Waals surface area (Å²) in [4.78, 5) is 4.21. The maximum atomic E-state index is 5.99. The van der Waals surface area contributed by atoms with E-state index in [1.807, 2.05) is 31.2 Å². The van der Waals surface area contributed by atoms with Gasteiger partial charge in [-0.3, -0.25) is 4.98 Å². The van der Waals surface area contributed by atoms with Crippen LogP contribution in [0.5, 0.6) is 11.5 Å². The van der Waals surface area contributed by atoms with E-state index in [4.69, 9.17) is 10.5 Å². The van der Waals surface area contributed by atoms with Crippen molar-refractivity contribution in [2.24, 2.45) is 5.73 Å². The zero-order valence-electron chi connectivity index (χ0n) is 11.8. The highest BCUT2D eigenvalue weighted by Gasteiger charge is 2.07. The molecule has 106 valence electrons. The first-order valence-electron chi connectivity index (χ1n) is 6.73. The van der Waals surface area contributed by atoms with Gasteiger partial charge in [0, 0.05) is 16.2 Å². The van der Waals surface area contributed by atoms with Crippen molar-refractivity contribution in [1.82, 2.24) is 4.98 Å². The minimum absolute atomic E-state index is 0.194. The van der Waals surface area contributed by atoms with Crippen LogP contribution in [0.1, 0.15) is 24.6 Å². The van der Waals surface area contributed by atoms with E-state index in [1.165, 1.54) is 5.56 Å². The number of aromatic nitrogens is 1. The van der Waals surface area contributed by atoms with Gasteiger partial charge >= 0.3 is 0 Å². The van der Waals surface area contributed by atoms with Crippen molar-refractivity contribution in [2.75, 3.05) is 0 Å². The number of rotatable bonds is 5. The molecule has 0 saturated heterocycles. The van der Waals surface area contributed by atoms with Crippen molar-refractivity contribution in [3.05, 3.63) is 52.3 Å². The fraction of sp³-hybridized carbons (Fsp3) is 0.312. The van der Waals surface area contributed by atoms with Gasteiger partial charge in [0.1, 0.15) is 11.5 Å². The fourth-order valence-corrected chi connectivity index (χ4v) is 2.35. The van der Waals surface area contributed by atoms with E-state index in [9.17, 15) is 0 Å². The van der Waals surface area contributed by atoms with E-state index < -0.39 is 0 Å². The molecule has 0 aliphatic carbocycles. The summed E-state index contributed by atoms with van der Waals surface area (Å²) in [6.07, 6.45) is 3.56. The molecule has 2 aromatic rings. The van der Waals surface area contributed by atoms with Crippen molar-refractivity contribution < 1.29 is 4.74 Å². The van der Waals surface area contributed by atoms with Crippen LogP contribution in [0, 0.1) is 6.92 Å². The maximum absolute atomic E-state index is 5.99. The van der Waals surface area contributed by atoms with Crippen molar-refractivity contribution in [2.45, 2.75) is 32.7 Å². The van der Waals surface area contributed by atoms with Gasteiger partial charge in [0.2, 0.25) is 0 Å². The molecule has 0 spiro atoms. The van der Waals surface area contributed by atoms with Gasteiger partial charge < -0.3 is 10.5 Å². The van der Waals surface area contributed by atoms with Crippen LogP contribution in [0.2, 0.25) is 0 Å². The number of pyridine rings is 1. The van der Waals surface area contributed by atoms with E-state index in [0.717, 1.165) is 34.5 Å². The van der Waals surface area contributed by atoms with Crippen molar-refractivity contribution in [3.8, 4) is 11.5 Å². The fourth-order valence-electron chi connectivity index (χ4n) is 1.83. The highest BCUT2D eigenvalue weighted by Crippen LogP contribution is 2.27. The minimum Gasteiger partial charge on any atom is -0.456 e. The van der Waals surface area contributed by atoms with Crippen molar-refractivity contribution in [3.63, 3.8) is 0 Å². The molecule has 0 radical (unpaired) electrons. The van der Waals surface area contributed by atoms with Crippen LogP contribution in [-0.4, -0.2) is 11.0 Å². The minimum atomic E-state index is 0.194. The highest BCUT2D eigenvalue weighted by molar-refractivity contribution is 9.10. The molecule has 1 unspecified atom stereocenters. The van der Waals surface area contributed by atoms with Gasteiger partial charge in [0.05, 0.1) is 6.20 Å². The first-order valence-corrected chi connectivity index (χ1v) is 7.52. The molecule has 0 amide bonds. The number of aryl methyl sites for hydroxylation is 1. The van der Waals surface area contributed by atoms with E-state index >= 15 is 0 Å².